The Labute approximate surface area is 172 Å². The van der Waals surface area contributed by atoms with E-state index in [-0.39, 0.29) is 6.04 Å². The van der Waals surface area contributed by atoms with E-state index in [2.05, 4.69) is 36.2 Å². The van der Waals surface area contributed by atoms with Gasteiger partial charge < -0.3 is 4.42 Å². The molecule has 0 bridgehead atoms. The molecule has 0 amide bonds. The van der Waals surface area contributed by atoms with Crippen molar-refractivity contribution in [3.05, 3.63) is 89.4 Å². The van der Waals surface area contributed by atoms with E-state index < -0.39 is 11.3 Å². The molecule has 3 aromatic rings. The maximum atomic E-state index is 11.3. The van der Waals surface area contributed by atoms with Gasteiger partial charge in [-0.25, -0.2) is 4.21 Å². The summed E-state index contributed by atoms with van der Waals surface area (Å²) in [4.78, 5) is 0. The second kappa shape index (κ2) is 8.23. The third-order valence-electron chi connectivity index (χ3n) is 5.09. The highest BCUT2D eigenvalue weighted by atomic mass is 32.2. The van der Waals surface area contributed by atoms with Crippen molar-refractivity contribution in [2.24, 2.45) is 5.10 Å². The van der Waals surface area contributed by atoms with Crippen molar-refractivity contribution in [1.29, 1.82) is 0 Å². The number of nitrogens with zero attached hydrogens (tertiary/aromatic N) is 3. The average Bonchev–Trinajstić information content (AvgIpc) is 3.37. The van der Waals surface area contributed by atoms with Gasteiger partial charge in [-0.1, -0.05) is 42.0 Å². The molecule has 2 heterocycles. The molecule has 0 saturated carbocycles. The first-order valence-electron chi connectivity index (χ1n) is 9.39. The van der Waals surface area contributed by atoms with Gasteiger partial charge in [0.1, 0.15) is 11.8 Å². The number of aryl methyl sites for hydroxylation is 1. The second-order valence-electron chi connectivity index (χ2n) is 7.14. The van der Waals surface area contributed by atoms with Gasteiger partial charge in [0.25, 0.3) is 11.3 Å². The minimum atomic E-state index is -2.04. The first kappa shape index (κ1) is 19.4. The second-order valence-corrected chi connectivity index (χ2v) is 8.15. The summed E-state index contributed by atoms with van der Waals surface area (Å²) in [6.07, 6.45) is 2.43. The van der Waals surface area contributed by atoms with Crippen LogP contribution in [-0.4, -0.2) is 26.5 Å². The van der Waals surface area contributed by atoms with E-state index in [1.807, 2.05) is 36.4 Å². The molecule has 1 aliphatic rings. The quantitative estimate of drug-likeness (QED) is 0.608. The Hall–Kier alpha value is -2.90. The Morgan fingerprint density at radius 3 is 2.66 bits per heavy atom. The largest absolute Gasteiger partial charge is 0.467 e. The van der Waals surface area contributed by atoms with Crippen LogP contribution >= 0.6 is 0 Å². The Morgan fingerprint density at radius 1 is 1.21 bits per heavy atom. The van der Waals surface area contributed by atoms with Gasteiger partial charge in [-0.05, 0) is 42.3 Å². The summed E-state index contributed by atoms with van der Waals surface area (Å²) in [5, 5.41) is 6.97. The number of benzene rings is 2. The lowest BCUT2D eigenvalue weighted by atomic mass is 10.0. The van der Waals surface area contributed by atoms with Gasteiger partial charge >= 0.3 is 0 Å². The van der Waals surface area contributed by atoms with E-state index in [9.17, 15) is 8.76 Å². The van der Waals surface area contributed by atoms with Crippen LogP contribution in [-0.2, 0) is 17.8 Å². The zero-order valence-electron chi connectivity index (χ0n) is 16.4. The highest BCUT2D eigenvalue weighted by Gasteiger charge is 2.30. The molecule has 0 saturated heterocycles. The van der Waals surface area contributed by atoms with Gasteiger partial charge in [0.05, 0.1) is 24.2 Å². The van der Waals surface area contributed by atoms with Crippen molar-refractivity contribution in [1.82, 2.24) is 5.01 Å². The Balaban J connectivity index is 1.61. The van der Waals surface area contributed by atoms with E-state index in [1.165, 1.54) is 15.4 Å². The van der Waals surface area contributed by atoms with E-state index in [1.54, 1.807) is 13.3 Å². The van der Waals surface area contributed by atoms with Gasteiger partial charge in [0, 0.05) is 13.5 Å². The predicted octanol–water partition coefficient (Wildman–Crippen LogP) is 4.51. The Kier molecular flexibility index (Phi) is 5.51. The average molecular weight is 410 g/mol. The van der Waals surface area contributed by atoms with E-state index in [4.69, 9.17) is 9.52 Å². The molecule has 1 aliphatic heterocycles. The van der Waals surface area contributed by atoms with Crippen molar-refractivity contribution in [2.75, 3.05) is 11.4 Å². The van der Waals surface area contributed by atoms with Crippen molar-refractivity contribution < 1.29 is 13.2 Å². The molecule has 150 valence electrons. The molecule has 2 aromatic carbocycles. The number of hydrogen-bond donors (Lipinski definition) is 1. The lowest BCUT2D eigenvalue weighted by molar-refractivity contribution is 0.199. The summed E-state index contributed by atoms with van der Waals surface area (Å²) in [5.74, 6) is 0.892. The van der Waals surface area contributed by atoms with Crippen LogP contribution in [0.3, 0.4) is 0 Å². The summed E-state index contributed by atoms with van der Waals surface area (Å²) in [6.45, 7) is 2.78. The van der Waals surface area contributed by atoms with Crippen LogP contribution in [0.1, 0.15) is 34.9 Å². The minimum absolute atomic E-state index is 0.0350. The van der Waals surface area contributed by atoms with E-state index in [0.29, 0.717) is 12.2 Å². The smallest absolute Gasteiger partial charge is 0.261 e. The van der Waals surface area contributed by atoms with Crippen molar-refractivity contribution >= 4 is 22.7 Å². The maximum absolute atomic E-state index is 11.3. The van der Waals surface area contributed by atoms with Gasteiger partial charge in [-0.3, -0.25) is 13.9 Å². The van der Waals surface area contributed by atoms with Crippen molar-refractivity contribution in [3.63, 3.8) is 0 Å². The summed E-state index contributed by atoms with van der Waals surface area (Å²) in [7, 11) is 1.58. The van der Waals surface area contributed by atoms with Gasteiger partial charge in [-0.2, -0.15) is 5.10 Å². The first-order chi connectivity index (χ1) is 14.0. The van der Waals surface area contributed by atoms with Crippen molar-refractivity contribution in [3.8, 4) is 0 Å². The van der Waals surface area contributed by atoms with Crippen LogP contribution in [0.2, 0.25) is 0 Å². The minimum Gasteiger partial charge on any atom is -0.467 e. The summed E-state index contributed by atoms with van der Waals surface area (Å²) in [5.41, 5.74) is 5.07. The fourth-order valence-electron chi connectivity index (χ4n) is 3.56. The number of hydrazone groups is 1. The van der Waals surface area contributed by atoms with Crippen molar-refractivity contribution in [2.45, 2.75) is 25.9 Å². The lowest BCUT2D eigenvalue weighted by Gasteiger charge is -2.22. The third-order valence-corrected chi connectivity index (χ3v) is 5.77. The highest BCUT2D eigenvalue weighted by Crippen LogP contribution is 2.34. The molecule has 29 heavy (non-hydrogen) atoms. The summed E-state index contributed by atoms with van der Waals surface area (Å²) < 4.78 is 27.5. The summed E-state index contributed by atoms with van der Waals surface area (Å²) >= 11 is -2.04. The Morgan fingerprint density at radius 2 is 2.00 bits per heavy atom. The maximum Gasteiger partial charge on any atom is 0.261 e. The van der Waals surface area contributed by atoms with Gasteiger partial charge in [0.2, 0.25) is 0 Å². The molecule has 7 heteroatoms. The molecule has 0 spiro atoms. The zero-order chi connectivity index (χ0) is 20.4. The predicted molar refractivity (Wildman–Crippen MR) is 115 cm³/mol. The number of anilines is 1. The van der Waals surface area contributed by atoms with Crippen LogP contribution in [0.4, 0.5) is 5.69 Å². The SMILES string of the molecule is Cc1cccc(CN2N=C(c3ccc(N(C)S(=O)O)cc3)CC2c2ccco2)c1. The Bertz CT molecular complexity index is 1030. The third kappa shape index (κ3) is 4.26. The fraction of sp³-hybridized carbons (Fsp3) is 0.227. The number of rotatable bonds is 6. The molecule has 1 N–H and O–H groups in total. The van der Waals surface area contributed by atoms with Gasteiger partial charge in [-0.15, -0.1) is 0 Å². The number of furan rings is 1. The topological polar surface area (TPSA) is 69.3 Å². The zero-order valence-corrected chi connectivity index (χ0v) is 17.2. The van der Waals surface area contributed by atoms with Gasteiger partial charge in [0.15, 0.2) is 0 Å². The molecule has 4 rings (SSSR count). The molecule has 0 aliphatic carbocycles. The lowest BCUT2D eigenvalue weighted by Crippen LogP contribution is -2.19. The fourth-order valence-corrected chi connectivity index (χ4v) is 3.86. The van der Waals surface area contributed by atoms with Crippen LogP contribution in [0.15, 0.2) is 76.4 Å². The summed E-state index contributed by atoms with van der Waals surface area (Å²) in [6, 6.07) is 19.9. The molecular weight excluding hydrogens is 386 g/mol. The molecule has 0 fully saturated rings. The number of hydrogen-bond acceptors (Lipinski definition) is 4. The normalized spacial score (nSPS) is 17.3. The van der Waals surface area contributed by atoms with Crippen LogP contribution in [0.25, 0.3) is 0 Å². The monoisotopic (exact) mass is 409 g/mol. The highest BCUT2D eigenvalue weighted by molar-refractivity contribution is 7.80. The van der Waals surface area contributed by atoms with Crippen LogP contribution in [0, 0.1) is 6.92 Å². The standard InChI is InChI=1S/C22H23N3O3S/c1-16-5-3-6-17(13-16)15-25-21(22-7-4-12-28-22)14-20(23-25)18-8-10-19(11-9-18)24(2)29(26)27/h3-13,21H,14-15H2,1-2H3,(H,26,27). The first-order valence-corrected chi connectivity index (χ1v) is 10.5. The molecule has 0 radical (unpaired) electrons. The van der Waals surface area contributed by atoms with Crippen LogP contribution in [0.5, 0.6) is 0 Å². The molecule has 1 aromatic heterocycles. The van der Waals surface area contributed by atoms with E-state index in [0.717, 1.165) is 23.5 Å². The van der Waals surface area contributed by atoms with Crippen LogP contribution < -0.4 is 4.31 Å². The molecule has 6 nitrogen and oxygen atoms in total. The van der Waals surface area contributed by atoms with E-state index >= 15 is 0 Å². The molecular formula is C22H23N3O3S. The molecule has 2 unspecified atom stereocenters. The molecule has 2 atom stereocenters.